The van der Waals surface area contributed by atoms with Crippen LogP contribution in [0.5, 0.6) is 0 Å². The Bertz CT molecular complexity index is 1300. The Balaban J connectivity index is 1.13. The van der Waals surface area contributed by atoms with Crippen molar-refractivity contribution in [3.63, 3.8) is 0 Å². The Morgan fingerprint density at radius 3 is 2.67 bits per heavy atom. The molecule has 4 heterocycles. The van der Waals surface area contributed by atoms with Gasteiger partial charge in [0.25, 0.3) is 0 Å². The highest BCUT2D eigenvalue weighted by atomic mass is 16.2. The van der Waals surface area contributed by atoms with E-state index in [4.69, 9.17) is 0 Å². The maximum absolute atomic E-state index is 12.6. The zero-order chi connectivity index (χ0) is 22.4. The zero-order valence-electron chi connectivity index (χ0n) is 18.7. The molecule has 0 atom stereocenters. The number of fused-ring (bicyclic) bond motifs is 1. The predicted molar refractivity (Wildman–Crippen MR) is 126 cm³/mol. The zero-order valence-corrected chi connectivity index (χ0v) is 18.7. The molecule has 2 fully saturated rings. The van der Waals surface area contributed by atoms with Crippen molar-refractivity contribution in [3.05, 3.63) is 66.4 Å². The Hall–Kier alpha value is -3.68. The number of amides is 1. The minimum atomic E-state index is -0.0272. The third-order valence-electron chi connectivity index (χ3n) is 6.91. The summed E-state index contributed by atoms with van der Waals surface area (Å²) in [5.41, 5.74) is 5.45. The minimum absolute atomic E-state index is 0.0272. The molecule has 33 heavy (non-hydrogen) atoms. The highest BCUT2D eigenvalue weighted by molar-refractivity contribution is 5.84. The summed E-state index contributed by atoms with van der Waals surface area (Å²) in [5.74, 6) is 0.933. The van der Waals surface area contributed by atoms with Gasteiger partial charge in [-0.05, 0) is 37.8 Å². The van der Waals surface area contributed by atoms with Gasteiger partial charge in [-0.1, -0.05) is 29.8 Å². The number of anilines is 1. The van der Waals surface area contributed by atoms with Crippen molar-refractivity contribution in [3.8, 4) is 11.1 Å². The van der Waals surface area contributed by atoms with Crippen LogP contribution in [0.15, 0.2) is 55.2 Å². The number of hydrogen-bond acceptors (Lipinski definition) is 5. The fourth-order valence-electron chi connectivity index (χ4n) is 4.51. The molecule has 1 aliphatic carbocycles. The topological polar surface area (TPSA) is 80.3 Å². The van der Waals surface area contributed by atoms with Gasteiger partial charge in [-0.25, -0.2) is 9.50 Å². The first kappa shape index (κ1) is 20.0. The van der Waals surface area contributed by atoms with Gasteiger partial charge in [0.2, 0.25) is 5.91 Å². The fraction of sp³-hybridized carbons (Fsp3) is 0.360. The van der Waals surface area contributed by atoms with Gasteiger partial charge >= 0.3 is 0 Å². The normalized spacial score (nSPS) is 16.6. The van der Waals surface area contributed by atoms with E-state index in [0.717, 1.165) is 28.0 Å². The molecule has 4 aromatic rings. The second kappa shape index (κ2) is 8.03. The van der Waals surface area contributed by atoms with E-state index in [1.807, 2.05) is 16.9 Å². The Labute approximate surface area is 192 Å². The number of nitrogens with one attached hydrogen (secondary N) is 1. The van der Waals surface area contributed by atoms with Crippen LogP contribution in [-0.4, -0.2) is 43.4 Å². The van der Waals surface area contributed by atoms with Crippen LogP contribution in [0.25, 0.3) is 16.6 Å². The number of aryl methyl sites for hydroxylation is 1. The number of carbonyl (C=O) groups is 1. The lowest BCUT2D eigenvalue weighted by Gasteiger charge is -2.39. The van der Waals surface area contributed by atoms with Crippen molar-refractivity contribution in [2.75, 3.05) is 18.0 Å². The Kier molecular flexibility index (Phi) is 4.86. The summed E-state index contributed by atoms with van der Waals surface area (Å²) >= 11 is 0. The molecule has 0 unspecified atom stereocenters. The summed E-state index contributed by atoms with van der Waals surface area (Å²) < 4.78 is 3.95. The molecule has 8 heteroatoms. The number of nitrogens with zero attached hydrogens (tertiary/aromatic N) is 6. The summed E-state index contributed by atoms with van der Waals surface area (Å²) in [7, 11) is 0. The first-order valence-corrected chi connectivity index (χ1v) is 11.6. The summed E-state index contributed by atoms with van der Waals surface area (Å²) in [5, 5.41) is 12.0. The number of hydrogen-bond donors (Lipinski definition) is 1. The lowest BCUT2D eigenvalue weighted by atomic mass is 9.93. The van der Waals surface area contributed by atoms with Gasteiger partial charge in [0, 0.05) is 43.2 Å². The second-order valence-electron chi connectivity index (χ2n) is 9.24. The molecule has 0 radical (unpaired) electrons. The van der Waals surface area contributed by atoms with Gasteiger partial charge in [-0.15, -0.1) is 0 Å². The van der Waals surface area contributed by atoms with Crippen LogP contribution in [0.3, 0.4) is 0 Å². The van der Waals surface area contributed by atoms with Gasteiger partial charge < -0.3 is 10.2 Å². The lowest BCUT2D eigenvalue weighted by Crippen LogP contribution is -2.54. The fourth-order valence-corrected chi connectivity index (χ4v) is 4.51. The van der Waals surface area contributed by atoms with Crippen LogP contribution in [0, 0.1) is 12.8 Å². The van der Waals surface area contributed by atoms with E-state index >= 15 is 0 Å². The van der Waals surface area contributed by atoms with Crippen molar-refractivity contribution in [2.45, 2.75) is 38.8 Å². The number of rotatable bonds is 6. The highest BCUT2D eigenvalue weighted by Gasteiger charge is 2.34. The van der Waals surface area contributed by atoms with E-state index in [-0.39, 0.29) is 11.8 Å². The summed E-state index contributed by atoms with van der Waals surface area (Å²) in [4.78, 5) is 19.3. The van der Waals surface area contributed by atoms with Gasteiger partial charge in [-0.3, -0.25) is 9.48 Å². The van der Waals surface area contributed by atoms with Crippen LogP contribution in [-0.2, 0) is 11.3 Å². The molecular formula is C25H27N7O. The molecule has 1 saturated heterocycles. The van der Waals surface area contributed by atoms with Gasteiger partial charge in [0.05, 0.1) is 18.2 Å². The molecule has 0 bridgehead atoms. The second-order valence-corrected chi connectivity index (χ2v) is 9.24. The SMILES string of the molecule is Cc1ccc(CNC(=O)C2CN(c3ncnn4cc(-c5cnn(C6CCC6)c5)cc34)C2)cc1. The third kappa shape index (κ3) is 3.75. The first-order chi connectivity index (χ1) is 16.1. The Morgan fingerprint density at radius 2 is 1.91 bits per heavy atom. The summed E-state index contributed by atoms with van der Waals surface area (Å²) in [6, 6.07) is 10.9. The minimum Gasteiger partial charge on any atom is -0.353 e. The van der Waals surface area contributed by atoms with E-state index in [1.165, 1.54) is 24.8 Å². The number of carbonyl (C=O) groups excluding carboxylic acids is 1. The van der Waals surface area contributed by atoms with Gasteiger partial charge in [0.15, 0.2) is 5.82 Å². The maximum atomic E-state index is 12.6. The van der Waals surface area contributed by atoms with Crippen LogP contribution in [0.2, 0.25) is 0 Å². The van der Waals surface area contributed by atoms with E-state index in [0.29, 0.717) is 25.7 Å². The van der Waals surface area contributed by atoms with Crippen molar-refractivity contribution in [1.82, 2.24) is 29.7 Å². The number of aromatic nitrogens is 5. The molecule has 2 aliphatic rings. The van der Waals surface area contributed by atoms with Crippen LogP contribution >= 0.6 is 0 Å². The third-order valence-corrected chi connectivity index (χ3v) is 6.91. The largest absolute Gasteiger partial charge is 0.353 e. The molecule has 1 aromatic carbocycles. The summed E-state index contributed by atoms with van der Waals surface area (Å²) in [6.45, 7) is 3.94. The highest BCUT2D eigenvalue weighted by Crippen LogP contribution is 2.34. The lowest BCUT2D eigenvalue weighted by molar-refractivity contribution is -0.125. The molecule has 6 rings (SSSR count). The Morgan fingerprint density at radius 1 is 1.09 bits per heavy atom. The first-order valence-electron chi connectivity index (χ1n) is 11.6. The van der Waals surface area contributed by atoms with Crippen LogP contribution in [0.4, 0.5) is 5.82 Å². The smallest absolute Gasteiger partial charge is 0.226 e. The average Bonchev–Trinajstić information content (AvgIpc) is 3.38. The van der Waals surface area contributed by atoms with Crippen LogP contribution in [0.1, 0.15) is 36.4 Å². The average molecular weight is 442 g/mol. The summed E-state index contributed by atoms with van der Waals surface area (Å²) in [6.07, 6.45) is 11.4. The maximum Gasteiger partial charge on any atom is 0.226 e. The standard InChI is InChI=1S/C25H27N7O/c1-17-5-7-18(8-6-17)10-26-25(33)21-12-30(13-21)24-23-9-19(14-32(23)29-16-27-24)20-11-28-31(15-20)22-3-2-4-22/h5-9,11,14-16,21-22H,2-4,10,12-13H2,1H3,(H,26,33). The van der Waals surface area contributed by atoms with E-state index in [1.54, 1.807) is 6.33 Å². The van der Waals surface area contributed by atoms with Gasteiger partial charge in [-0.2, -0.15) is 10.2 Å². The molecule has 0 spiro atoms. The molecule has 1 N–H and O–H groups in total. The number of benzene rings is 1. The van der Waals surface area contributed by atoms with Gasteiger partial charge in [0.1, 0.15) is 11.8 Å². The van der Waals surface area contributed by atoms with Crippen LogP contribution < -0.4 is 10.2 Å². The van der Waals surface area contributed by atoms with Crippen molar-refractivity contribution in [2.24, 2.45) is 5.92 Å². The quantitative estimate of drug-likeness (QED) is 0.496. The van der Waals surface area contributed by atoms with E-state index < -0.39 is 0 Å². The molecular weight excluding hydrogens is 414 g/mol. The van der Waals surface area contributed by atoms with E-state index in [9.17, 15) is 4.79 Å². The molecule has 3 aromatic heterocycles. The van der Waals surface area contributed by atoms with Crippen molar-refractivity contribution in [1.29, 1.82) is 0 Å². The van der Waals surface area contributed by atoms with E-state index in [2.05, 4.69) is 73.5 Å². The van der Waals surface area contributed by atoms with Crippen molar-refractivity contribution < 1.29 is 4.79 Å². The monoisotopic (exact) mass is 441 g/mol. The molecule has 1 saturated carbocycles. The molecule has 1 amide bonds. The molecule has 168 valence electrons. The molecule has 1 aliphatic heterocycles. The predicted octanol–water partition coefficient (Wildman–Crippen LogP) is 3.38. The van der Waals surface area contributed by atoms with Crippen molar-refractivity contribution >= 4 is 17.2 Å². The molecule has 8 nitrogen and oxygen atoms in total.